The molecule has 12 heteroatoms. The molecule has 10 nitrogen and oxygen atoms in total. The average Bonchev–Trinajstić information content (AvgIpc) is 3.55. The number of aryl methyl sites for hydroxylation is 1. The zero-order chi connectivity index (χ0) is 40.0. The van der Waals surface area contributed by atoms with Crippen molar-refractivity contribution in [2.75, 3.05) is 48.0 Å². The summed E-state index contributed by atoms with van der Waals surface area (Å²) in [6.07, 6.45) is 4.80. The molecule has 3 aliphatic heterocycles. The van der Waals surface area contributed by atoms with Crippen molar-refractivity contribution in [2.24, 2.45) is 11.1 Å². The minimum Gasteiger partial charge on any atom is -0.381 e. The highest BCUT2D eigenvalue weighted by molar-refractivity contribution is 7.19. The van der Waals surface area contributed by atoms with E-state index in [0.717, 1.165) is 87.9 Å². The van der Waals surface area contributed by atoms with Gasteiger partial charge in [-0.05, 0) is 104 Å². The van der Waals surface area contributed by atoms with Crippen LogP contribution < -0.4 is 20.9 Å². The Balaban J connectivity index is 0.00000102. The maximum absolute atomic E-state index is 14.1. The van der Waals surface area contributed by atoms with E-state index in [0.29, 0.717) is 35.7 Å². The molecule has 5 aromatic rings. The number of anilines is 3. The third-order valence-electron chi connectivity index (χ3n) is 10.4. The van der Waals surface area contributed by atoms with Crippen LogP contribution in [-0.2, 0) is 16.0 Å². The van der Waals surface area contributed by atoms with Crippen LogP contribution in [-0.4, -0.2) is 61.0 Å². The van der Waals surface area contributed by atoms with Gasteiger partial charge in [0.25, 0.3) is 11.8 Å². The maximum atomic E-state index is 14.1. The molecule has 3 amide bonds. The van der Waals surface area contributed by atoms with Crippen LogP contribution in [0.5, 0.6) is 0 Å². The van der Waals surface area contributed by atoms with E-state index < -0.39 is 0 Å². The van der Waals surface area contributed by atoms with Gasteiger partial charge in [-0.2, -0.15) is 0 Å². The molecule has 0 bridgehead atoms. The molecule has 8 rings (SSSR count). The number of nitrogens with zero attached hydrogens (tertiary/aromatic N) is 4. The molecular formula is C44H49ClN6O4S. The van der Waals surface area contributed by atoms with Crippen molar-refractivity contribution in [1.82, 2.24) is 9.97 Å². The highest BCUT2D eigenvalue weighted by Gasteiger charge is 2.45. The fraction of sp³-hybridized carbons (Fsp3) is 0.341. The highest BCUT2D eigenvalue weighted by atomic mass is 35.5. The Labute approximate surface area is 338 Å². The number of thiophene rings is 1. The van der Waals surface area contributed by atoms with Crippen molar-refractivity contribution in [1.29, 1.82) is 0 Å². The summed E-state index contributed by atoms with van der Waals surface area (Å²) in [5, 5.41) is 3.78. The Morgan fingerprint density at radius 2 is 1.73 bits per heavy atom. The summed E-state index contributed by atoms with van der Waals surface area (Å²) in [6.45, 7) is 14.2. The van der Waals surface area contributed by atoms with Crippen LogP contribution >= 0.6 is 22.9 Å². The van der Waals surface area contributed by atoms with Crippen LogP contribution in [0, 0.1) is 12.3 Å². The number of amides is 3. The monoisotopic (exact) mass is 792 g/mol. The van der Waals surface area contributed by atoms with Gasteiger partial charge in [0.15, 0.2) is 0 Å². The van der Waals surface area contributed by atoms with Crippen molar-refractivity contribution >= 4 is 58.4 Å². The molecule has 6 heterocycles. The van der Waals surface area contributed by atoms with Gasteiger partial charge < -0.3 is 25.6 Å². The number of fused-ring (bicyclic) bond motifs is 3. The number of aromatic nitrogens is 2. The molecule has 2 fully saturated rings. The molecule has 292 valence electrons. The number of pyridine rings is 2. The second kappa shape index (κ2) is 17.8. The van der Waals surface area contributed by atoms with Gasteiger partial charge in [-0.3, -0.25) is 19.4 Å². The lowest BCUT2D eigenvalue weighted by molar-refractivity contribution is -0.106. The van der Waals surface area contributed by atoms with Crippen molar-refractivity contribution < 1.29 is 19.1 Å². The molecule has 2 saturated heterocycles. The number of carbonyl (C=O) groups is 3. The third-order valence-corrected chi connectivity index (χ3v) is 11.9. The Morgan fingerprint density at radius 1 is 1.02 bits per heavy atom. The first-order valence-electron chi connectivity index (χ1n) is 19.2. The van der Waals surface area contributed by atoms with E-state index >= 15 is 0 Å². The lowest BCUT2D eigenvalue weighted by Gasteiger charge is -2.53. The summed E-state index contributed by atoms with van der Waals surface area (Å²) in [7, 11) is 0. The number of primary amides is 1. The number of halogens is 1. The van der Waals surface area contributed by atoms with Crippen LogP contribution in [0.15, 0.2) is 79.0 Å². The SMILES string of the molecule is CC.Cc1ccc(C(=O)Nc2ccc(C(=O)N3CCc4cc(-c5c(Cl)cccc5C(C)C)sc4-c4ncccc43)cc2)c(N2CC3(CCOCC3)C2)n1.NC=O. The molecule has 0 atom stereocenters. The predicted octanol–water partition coefficient (Wildman–Crippen LogP) is 9.16. The van der Waals surface area contributed by atoms with Crippen molar-refractivity contribution in [2.45, 2.75) is 59.8 Å². The first kappa shape index (κ1) is 40.6. The normalized spacial score (nSPS) is 15.2. The molecule has 0 saturated carbocycles. The molecular weight excluding hydrogens is 744 g/mol. The number of nitrogens with two attached hydrogens (primary N) is 1. The van der Waals surface area contributed by atoms with Crippen molar-refractivity contribution in [3.05, 3.63) is 112 Å². The molecule has 0 unspecified atom stereocenters. The average molecular weight is 793 g/mol. The summed E-state index contributed by atoms with van der Waals surface area (Å²) in [4.78, 5) is 52.0. The van der Waals surface area contributed by atoms with Crippen LogP contribution in [0.3, 0.4) is 0 Å². The van der Waals surface area contributed by atoms with Crippen molar-refractivity contribution in [3.63, 3.8) is 0 Å². The number of hydrogen-bond acceptors (Lipinski definition) is 8. The van der Waals surface area contributed by atoms with Gasteiger partial charge in [0.2, 0.25) is 6.41 Å². The minimum absolute atomic E-state index is 0.115. The van der Waals surface area contributed by atoms with Crippen LogP contribution in [0.2, 0.25) is 5.02 Å². The Kier molecular flexibility index (Phi) is 12.9. The summed E-state index contributed by atoms with van der Waals surface area (Å²) in [6, 6.07) is 23.0. The number of hydrogen-bond donors (Lipinski definition) is 2. The fourth-order valence-electron chi connectivity index (χ4n) is 7.62. The van der Waals surface area contributed by atoms with E-state index in [1.807, 2.05) is 62.1 Å². The van der Waals surface area contributed by atoms with Crippen molar-refractivity contribution in [3.8, 4) is 21.0 Å². The van der Waals surface area contributed by atoms with Gasteiger partial charge in [-0.15, -0.1) is 11.3 Å². The molecule has 3 aliphatic rings. The number of benzene rings is 2. The maximum Gasteiger partial charge on any atom is 0.259 e. The summed E-state index contributed by atoms with van der Waals surface area (Å²) < 4.78 is 5.58. The van der Waals surface area contributed by atoms with Gasteiger partial charge in [-0.1, -0.05) is 51.4 Å². The molecule has 0 radical (unpaired) electrons. The fourth-order valence-corrected chi connectivity index (χ4v) is 9.26. The third kappa shape index (κ3) is 8.35. The van der Waals surface area contributed by atoms with Crippen LogP contribution in [0.4, 0.5) is 17.2 Å². The molecule has 2 aromatic carbocycles. The predicted molar refractivity (Wildman–Crippen MR) is 227 cm³/mol. The lowest BCUT2D eigenvalue weighted by Crippen LogP contribution is -2.59. The van der Waals surface area contributed by atoms with E-state index in [4.69, 9.17) is 31.1 Å². The highest BCUT2D eigenvalue weighted by Crippen LogP contribution is 2.47. The topological polar surface area (TPSA) is 131 Å². The number of nitrogens with one attached hydrogen (secondary N) is 1. The molecule has 3 aromatic heterocycles. The lowest BCUT2D eigenvalue weighted by atomic mass is 9.73. The van der Waals surface area contributed by atoms with E-state index in [-0.39, 0.29) is 23.6 Å². The second-order valence-corrected chi connectivity index (χ2v) is 15.8. The van der Waals surface area contributed by atoms with Gasteiger partial charge in [0, 0.05) is 76.9 Å². The number of rotatable bonds is 6. The van der Waals surface area contributed by atoms with E-state index in [1.54, 1.807) is 41.8 Å². The molecule has 56 heavy (non-hydrogen) atoms. The van der Waals surface area contributed by atoms with E-state index in [9.17, 15) is 9.59 Å². The Bertz CT molecular complexity index is 2190. The Morgan fingerprint density at radius 3 is 2.43 bits per heavy atom. The summed E-state index contributed by atoms with van der Waals surface area (Å²) in [5.74, 6) is 0.708. The van der Waals surface area contributed by atoms with Gasteiger partial charge >= 0.3 is 0 Å². The Hall–Kier alpha value is -5.10. The van der Waals surface area contributed by atoms with Gasteiger partial charge in [-0.25, -0.2) is 4.98 Å². The zero-order valence-electron chi connectivity index (χ0n) is 32.6. The molecule has 1 spiro atoms. The second-order valence-electron chi connectivity index (χ2n) is 14.4. The standard InChI is InChI=1S/C41H40ClN5O3S.C2H6.CH3NO/c1-25(2)30-6-4-7-32(42)35(30)34-22-28-15-19-47(33-8-5-18-43-36(33)37(28)51-34)40(49)27-10-12-29(13-11-27)45-39(48)31-14-9-26(3)44-38(31)46-23-41(24-46)16-20-50-21-17-41;1-2;2-1-3/h4-14,18,22,25H,15-17,19-21,23-24H2,1-3H3,(H,45,48);1-2H3;1H,(H2,2,3). The summed E-state index contributed by atoms with van der Waals surface area (Å²) >= 11 is 8.45. The van der Waals surface area contributed by atoms with Gasteiger partial charge in [0.05, 0.1) is 16.1 Å². The smallest absolute Gasteiger partial charge is 0.259 e. The first-order valence-corrected chi connectivity index (χ1v) is 20.4. The quantitative estimate of drug-likeness (QED) is 0.164. The van der Waals surface area contributed by atoms with Crippen LogP contribution in [0.25, 0.3) is 21.0 Å². The molecule has 0 aliphatic carbocycles. The largest absolute Gasteiger partial charge is 0.381 e. The first-order chi connectivity index (χ1) is 27.1. The van der Waals surface area contributed by atoms with E-state index in [1.165, 1.54) is 5.56 Å². The minimum atomic E-state index is -0.222. The van der Waals surface area contributed by atoms with Gasteiger partial charge in [0.1, 0.15) is 11.5 Å². The van der Waals surface area contributed by atoms with Crippen LogP contribution in [0.1, 0.15) is 84.0 Å². The molecule has 3 N–H and O–H groups in total. The zero-order valence-corrected chi connectivity index (χ0v) is 34.2. The van der Waals surface area contributed by atoms with E-state index in [2.05, 4.69) is 41.9 Å². The number of carbonyl (C=O) groups excluding carboxylic acids is 3. The summed E-state index contributed by atoms with van der Waals surface area (Å²) in [5.41, 5.74) is 12.0. The number of ether oxygens (including phenoxy) is 1.